The van der Waals surface area contributed by atoms with Crippen molar-refractivity contribution in [2.45, 2.75) is 26.4 Å². The summed E-state index contributed by atoms with van der Waals surface area (Å²) >= 11 is 0. The molecule has 0 spiro atoms. The molecule has 7 nitrogen and oxygen atoms in total. The van der Waals surface area contributed by atoms with Crippen molar-refractivity contribution in [1.82, 2.24) is 19.6 Å². The topological polar surface area (TPSA) is 81.8 Å². The van der Waals surface area contributed by atoms with E-state index in [0.29, 0.717) is 16.7 Å². The Morgan fingerprint density at radius 3 is 2.62 bits per heavy atom. The smallest absolute Gasteiger partial charge is 0.247 e. The van der Waals surface area contributed by atoms with Crippen molar-refractivity contribution in [2.24, 2.45) is 0 Å². The Morgan fingerprint density at radius 1 is 1.10 bits per heavy atom. The van der Waals surface area contributed by atoms with Crippen LogP contribution in [0.5, 0.6) is 0 Å². The van der Waals surface area contributed by atoms with Gasteiger partial charge in [0.05, 0.1) is 17.8 Å². The average molecular weight is 387 g/mol. The maximum Gasteiger partial charge on any atom is 0.247 e. The second kappa shape index (κ2) is 7.71. The highest BCUT2D eigenvalue weighted by Gasteiger charge is 2.15. The molecule has 0 radical (unpaired) electrons. The average Bonchev–Trinajstić information content (AvgIpc) is 3.10. The highest BCUT2D eigenvalue weighted by Crippen LogP contribution is 2.21. The van der Waals surface area contributed by atoms with E-state index >= 15 is 0 Å². The maximum absolute atomic E-state index is 12.6. The van der Waals surface area contributed by atoms with Crippen LogP contribution < -0.4 is 10.7 Å². The largest absolute Gasteiger partial charge is 0.307 e. The first kappa shape index (κ1) is 18.6. The van der Waals surface area contributed by atoms with E-state index in [1.54, 1.807) is 18.2 Å². The molecule has 1 atom stereocenters. The Bertz CT molecular complexity index is 1230. The Balaban J connectivity index is 1.53. The third-order valence-electron chi connectivity index (χ3n) is 4.91. The Morgan fingerprint density at radius 2 is 1.83 bits per heavy atom. The summed E-state index contributed by atoms with van der Waals surface area (Å²) in [5.74, 6) is 0.259. The fraction of sp³-hybridized carbons (Fsp3) is 0.182. The van der Waals surface area contributed by atoms with E-state index in [9.17, 15) is 9.59 Å². The fourth-order valence-corrected chi connectivity index (χ4v) is 3.28. The van der Waals surface area contributed by atoms with Gasteiger partial charge in [-0.1, -0.05) is 42.5 Å². The first-order valence-electron chi connectivity index (χ1n) is 9.38. The maximum atomic E-state index is 12.6. The molecular formula is C22H21N5O2. The lowest BCUT2D eigenvalue weighted by molar-refractivity contribution is -0.116. The number of nitrogens with zero attached hydrogens (tertiary/aromatic N) is 4. The van der Waals surface area contributed by atoms with Crippen molar-refractivity contribution in [3.05, 3.63) is 88.3 Å². The van der Waals surface area contributed by atoms with E-state index in [4.69, 9.17) is 0 Å². The van der Waals surface area contributed by atoms with Crippen LogP contribution in [0, 0.1) is 6.92 Å². The van der Waals surface area contributed by atoms with Crippen LogP contribution in [0.3, 0.4) is 0 Å². The number of anilines is 1. The molecular weight excluding hydrogens is 366 g/mol. The molecule has 1 amide bonds. The molecule has 0 aliphatic carbocycles. The second-order valence-electron chi connectivity index (χ2n) is 6.96. The Kier molecular flexibility index (Phi) is 4.95. The third-order valence-corrected chi connectivity index (χ3v) is 4.91. The number of para-hydroxylation sites is 1. The lowest BCUT2D eigenvalue weighted by atomic mass is 10.1. The first-order valence-corrected chi connectivity index (χ1v) is 9.38. The molecule has 29 heavy (non-hydrogen) atoms. The molecule has 146 valence electrons. The highest BCUT2D eigenvalue weighted by molar-refractivity contribution is 5.91. The van der Waals surface area contributed by atoms with E-state index < -0.39 is 0 Å². The van der Waals surface area contributed by atoms with Crippen molar-refractivity contribution in [3.63, 3.8) is 0 Å². The van der Waals surface area contributed by atoms with Gasteiger partial charge in [0.2, 0.25) is 11.3 Å². The molecule has 2 aromatic carbocycles. The third kappa shape index (κ3) is 3.80. The van der Waals surface area contributed by atoms with Crippen LogP contribution in [0.2, 0.25) is 0 Å². The summed E-state index contributed by atoms with van der Waals surface area (Å²) in [6.07, 6.45) is 3.15. The molecule has 1 N–H and O–H groups in total. The number of hydrogen-bond donors (Lipinski definition) is 1. The lowest BCUT2D eigenvalue weighted by Gasteiger charge is -2.12. The first-order chi connectivity index (χ1) is 14.0. The summed E-state index contributed by atoms with van der Waals surface area (Å²) in [6.45, 7) is 3.95. The van der Waals surface area contributed by atoms with Gasteiger partial charge in [0.15, 0.2) is 5.82 Å². The molecule has 0 bridgehead atoms. The van der Waals surface area contributed by atoms with Gasteiger partial charge in [-0.2, -0.15) is 10.2 Å². The van der Waals surface area contributed by atoms with Gasteiger partial charge in [-0.3, -0.25) is 19.0 Å². The molecule has 2 heterocycles. The summed E-state index contributed by atoms with van der Waals surface area (Å²) in [6, 6.07) is 17.2. The Labute approximate surface area is 167 Å². The van der Waals surface area contributed by atoms with Gasteiger partial charge in [-0.25, -0.2) is 0 Å². The zero-order valence-electron chi connectivity index (χ0n) is 16.2. The number of nitrogens with one attached hydrogen (secondary N) is 1. The van der Waals surface area contributed by atoms with Crippen LogP contribution in [0.15, 0.2) is 71.8 Å². The monoisotopic (exact) mass is 387 g/mol. The van der Waals surface area contributed by atoms with Gasteiger partial charge < -0.3 is 5.32 Å². The number of carbonyl (C=O) groups excluding carboxylic acids is 1. The van der Waals surface area contributed by atoms with Crippen molar-refractivity contribution >= 4 is 22.6 Å². The molecule has 2 aromatic heterocycles. The molecule has 0 aliphatic heterocycles. The van der Waals surface area contributed by atoms with Crippen LogP contribution in [-0.2, 0) is 11.3 Å². The zero-order valence-corrected chi connectivity index (χ0v) is 16.2. The summed E-state index contributed by atoms with van der Waals surface area (Å²) < 4.78 is 3.36. The summed E-state index contributed by atoms with van der Waals surface area (Å²) in [5, 5.41) is 12.0. The lowest BCUT2D eigenvalue weighted by Crippen LogP contribution is -2.23. The van der Waals surface area contributed by atoms with Gasteiger partial charge in [0, 0.05) is 17.1 Å². The number of carbonyl (C=O) groups is 1. The number of aryl methyl sites for hydroxylation is 1. The minimum Gasteiger partial charge on any atom is -0.307 e. The molecule has 0 fully saturated rings. The van der Waals surface area contributed by atoms with Gasteiger partial charge in [-0.15, -0.1) is 0 Å². The van der Waals surface area contributed by atoms with E-state index in [2.05, 4.69) is 22.4 Å². The summed E-state index contributed by atoms with van der Waals surface area (Å²) in [5.41, 5.74) is 2.47. The van der Waals surface area contributed by atoms with Crippen LogP contribution in [0.1, 0.15) is 24.1 Å². The number of rotatable bonds is 5. The fourth-order valence-electron chi connectivity index (χ4n) is 3.28. The molecule has 4 aromatic rings. The van der Waals surface area contributed by atoms with Crippen LogP contribution >= 0.6 is 0 Å². The van der Waals surface area contributed by atoms with E-state index in [-0.39, 0.29) is 23.9 Å². The van der Waals surface area contributed by atoms with Crippen molar-refractivity contribution in [2.75, 3.05) is 5.32 Å². The predicted molar refractivity (Wildman–Crippen MR) is 112 cm³/mol. The molecule has 7 heteroatoms. The predicted octanol–water partition coefficient (Wildman–Crippen LogP) is 3.15. The molecule has 4 rings (SSSR count). The molecule has 0 saturated heterocycles. The Hall–Kier alpha value is -3.74. The van der Waals surface area contributed by atoms with Crippen LogP contribution in [-0.4, -0.2) is 25.5 Å². The standard InChI is InChI=1S/C22H21N5O2/c1-15-13-26(16(2)17-8-4-3-5-9-17)25-22(15)24-21(29)14-27-19-11-7-6-10-18(19)20(28)12-23-27/h3-13,16H,14H2,1-2H3,(H,24,25,29)/t16-/m1/s1. The van der Waals surface area contributed by atoms with Gasteiger partial charge in [0.1, 0.15) is 6.54 Å². The zero-order chi connectivity index (χ0) is 20.4. The number of amides is 1. The molecule has 0 unspecified atom stereocenters. The van der Waals surface area contributed by atoms with Crippen molar-refractivity contribution in [1.29, 1.82) is 0 Å². The van der Waals surface area contributed by atoms with Gasteiger partial charge in [0.25, 0.3) is 0 Å². The number of aromatic nitrogens is 4. The van der Waals surface area contributed by atoms with Gasteiger partial charge >= 0.3 is 0 Å². The van der Waals surface area contributed by atoms with Crippen LogP contribution in [0.4, 0.5) is 5.82 Å². The summed E-state index contributed by atoms with van der Waals surface area (Å²) in [7, 11) is 0. The van der Waals surface area contributed by atoms with E-state index in [1.807, 2.05) is 54.2 Å². The summed E-state index contributed by atoms with van der Waals surface area (Å²) in [4.78, 5) is 24.6. The number of hydrogen-bond acceptors (Lipinski definition) is 4. The quantitative estimate of drug-likeness (QED) is 0.570. The normalized spacial score (nSPS) is 12.1. The number of benzene rings is 2. The molecule has 0 aliphatic rings. The second-order valence-corrected chi connectivity index (χ2v) is 6.96. The minimum absolute atomic E-state index is 0.0126. The van der Waals surface area contributed by atoms with Crippen molar-refractivity contribution in [3.8, 4) is 0 Å². The number of fused-ring (bicyclic) bond motifs is 1. The van der Waals surface area contributed by atoms with Gasteiger partial charge in [-0.05, 0) is 31.5 Å². The van der Waals surface area contributed by atoms with Crippen molar-refractivity contribution < 1.29 is 4.79 Å². The highest BCUT2D eigenvalue weighted by atomic mass is 16.2. The van der Waals surface area contributed by atoms with E-state index in [1.165, 1.54) is 10.9 Å². The van der Waals surface area contributed by atoms with Crippen LogP contribution in [0.25, 0.3) is 10.9 Å². The van der Waals surface area contributed by atoms with E-state index in [0.717, 1.165) is 11.1 Å². The SMILES string of the molecule is Cc1cn([C@H](C)c2ccccc2)nc1NC(=O)Cn1ncc(=O)c2ccccc21. The minimum atomic E-state index is -0.257. The molecule has 0 saturated carbocycles.